The van der Waals surface area contributed by atoms with E-state index < -0.39 is 0 Å². The summed E-state index contributed by atoms with van der Waals surface area (Å²) in [5, 5.41) is 21.5. The largest absolute Gasteiger partial charge is 0.355 e. The van der Waals surface area contributed by atoms with E-state index in [4.69, 9.17) is 0 Å². The van der Waals surface area contributed by atoms with Gasteiger partial charge >= 0.3 is 0 Å². The van der Waals surface area contributed by atoms with Crippen molar-refractivity contribution >= 4 is 46.2 Å². The Kier molecular flexibility index (Phi) is 6.35. The van der Waals surface area contributed by atoms with Gasteiger partial charge in [-0.3, -0.25) is 25.3 Å². The first-order chi connectivity index (χ1) is 17.6. The van der Waals surface area contributed by atoms with Crippen molar-refractivity contribution in [1.82, 2.24) is 30.8 Å². The molecule has 36 heavy (non-hydrogen) atoms. The number of carbonyl (C=O) groups is 1. The fourth-order valence-electron chi connectivity index (χ4n) is 3.67. The summed E-state index contributed by atoms with van der Waals surface area (Å²) in [6, 6.07) is 22.6. The maximum absolute atomic E-state index is 13.0. The molecular weight excluding hydrogens is 452 g/mol. The number of aryl methyl sites for hydroxylation is 1. The van der Waals surface area contributed by atoms with Gasteiger partial charge in [-0.2, -0.15) is 10.2 Å². The molecule has 0 atom stereocenters. The van der Waals surface area contributed by atoms with Gasteiger partial charge in [0.15, 0.2) is 5.82 Å². The third-order valence-corrected chi connectivity index (χ3v) is 5.54. The second kappa shape index (κ2) is 10.1. The fraction of sp³-hybridized carbons (Fsp3) is 0.0741. The number of hydrazine groups is 1. The number of nitrogens with zero attached hydrogens (tertiary/aromatic N) is 5. The maximum Gasteiger partial charge on any atom is 0.271 e. The lowest BCUT2D eigenvalue weighted by Crippen LogP contribution is -2.40. The number of anilines is 3. The quantitative estimate of drug-likeness (QED) is 0.291. The minimum atomic E-state index is -0.271. The van der Waals surface area contributed by atoms with Crippen LogP contribution >= 0.6 is 0 Å². The van der Waals surface area contributed by atoms with Crippen LogP contribution in [0.15, 0.2) is 79.0 Å². The summed E-state index contributed by atoms with van der Waals surface area (Å²) in [4.78, 5) is 17.3. The van der Waals surface area contributed by atoms with Crippen LogP contribution in [0.3, 0.4) is 0 Å². The topological polar surface area (TPSA) is 112 Å². The number of aromatic amines is 1. The van der Waals surface area contributed by atoms with Crippen LogP contribution in [0.1, 0.15) is 27.4 Å². The highest BCUT2D eigenvalue weighted by molar-refractivity contribution is 6.01. The molecule has 0 saturated carbocycles. The Bertz CT molecular complexity index is 1530. The van der Waals surface area contributed by atoms with Gasteiger partial charge in [0.2, 0.25) is 0 Å². The highest BCUT2D eigenvalue weighted by atomic mass is 16.2. The Morgan fingerprint density at radius 1 is 0.972 bits per heavy atom. The molecular formula is C27H24N8O. The molecule has 0 aliphatic rings. The van der Waals surface area contributed by atoms with Crippen molar-refractivity contribution < 1.29 is 4.79 Å². The number of rotatable bonds is 7. The SMILES string of the molecule is Cc1ccc(N(C)NC(=O)c2ccccc2Nc2ccc3c(/C=C/c4ccccn4)n[nH]c3c2)nn1. The van der Waals surface area contributed by atoms with Crippen molar-refractivity contribution in [2.45, 2.75) is 6.92 Å². The summed E-state index contributed by atoms with van der Waals surface area (Å²) in [6.45, 7) is 1.86. The molecule has 0 bridgehead atoms. The molecule has 0 aliphatic heterocycles. The molecule has 0 radical (unpaired) electrons. The summed E-state index contributed by atoms with van der Waals surface area (Å²) in [6.07, 6.45) is 5.62. The smallest absolute Gasteiger partial charge is 0.271 e. The lowest BCUT2D eigenvalue weighted by molar-refractivity contribution is 0.0952. The summed E-state index contributed by atoms with van der Waals surface area (Å²) in [5.74, 6) is 0.268. The zero-order chi connectivity index (χ0) is 24.9. The van der Waals surface area contributed by atoms with E-state index in [9.17, 15) is 4.79 Å². The zero-order valence-electron chi connectivity index (χ0n) is 19.8. The number of amides is 1. The molecule has 9 nitrogen and oxygen atoms in total. The molecule has 0 aliphatic carbocycles. The predicted molar refractivity (Wildman–Crippen MR) is 142 cm³/mol. The third kappa shape index (κ3) is 5.05. The standard InChI is InChI=1S/C27H24N8O/c1-18-10-15-26(33-30-18)35(2)34-27(36)22-8-3-4-9-23(22)29-20-11-13-21-24(31-32-25(21)17-20)14-12-19-7-5-6-16-28-19/h3-17,29H,1-2H3,(H,31,32)(H,34,36)/b14-12+. The summed E-state index contributed by atoms with van der Waals surface area (Å²) >= 11 is 0. The van der Waals surface area contributed by atoms with Gasteiger partial charge in [0.25, 0.3) is 5.91 Å². The molecule has 3 aromatic heterocycles. The van der Waals surface area contributed by atoms with Gasteiger partial charge in [0, 0.05) is 24.3 Å². The highest BCUT2D eigenvalue weighted by Crippen LogP contribution is 2.26. The minimum Gasteiger partial charge on any atom is -0.355 e. The molecule has 9 heteroatoms. The number of benzene rings is 2. The van der Waals surface area contributed by atoms with Crippen molar-refractivity contribution in [1.29, 1.82) is 0 Å². The Hall–Kier alpha value is -5.05. The first-order valence-corrected chi connectivity index (χ1v) is 11.4. The van der Waals surface area contributed by atoms with Gasteiger partial charge in [0.1, 0.15) is 0 Å². The number of pyridine rings is 1. The van der Waals surface area contributed by atoms with Gasteiger partial charge in [-0.1, -0.05) is 18.2 Å². The maximum atomic E-state index is 13.0. The summed E-state index contributed by atoms with van der Waals surface area (Å²) in [7, 11) is 1.72. The molecule has 0 spiro atoms. The molecule has 5 aromatic rings. The van der Waals surface area contributed by atoms with Crippen molar-refractivity contribution in [3.8, 4) is 0 Å². The Balaban J connectivity index is 1.33. The number of nitrogens with one attached hydrogen (secondary N) is 3. The minimum absolute atomic E-state index is 0.271. The average Bonchev–Trinajstić information content (AvgIpc) is 3.31. The van der Waals surface area contributed by atoms with Crippen LogP contribution in [0.2, 0.25) is 0 Å². The number of aromatic nitrogens is 5. The number of hydrogen-bond donors (Lipinski definition) is 3. The highest BCUT2D eigenvalue weighted by Gasteiger charge is 2.14. The van der Waals surface area contributed by atoms with E-state index in [-0.39, 0.29) is 5.91 Å². The van der Waals surface area contributed by atoms with E-state index in [1.165, 1.54) is 0 Å². The number of H-pyrrole nitrogens is 1. The van der Waals surface area contributed by atoms with Crippen LogP contribution in [-0.4, -0.2) is 38.3 Å². The molecule has 3 heterocycles. The van der Waals surface area contributed by atoms with E-state index in [1.807, 2.05) is 79.7 Å². The predicted octanol–water partition coefficient (Wildman–Crippen LogP) is 4.75. The van der Waals surface area contributed by atoms with E-state index in [2.05, 4.69) is 36.1 Å². The van der Waals surface area contributed by atoms with Crippen molar-refractivity contribution in [2.75, 3.05) is 17.4 Å². The van der Waals surface area contributed by atoms with Crippen LogP contribution in [0.5, 0.6) is 0 Å². The van der Waals surface area contributed by atoms with E-state index in [0.29, 0.717) is 17.1 Å². The first kappa shape index (κ1) is 22.7. The zero-order valence-corrected chi connectivity index (χ0v) is 19.8. The van der Waals surface area contributed by atoms with Crippen LogP contribution < -0.4 is 15.8 Å². The molecule has 2 aromatic carbocycles. The van der Waals surface area contributed by atoms with Crippen molar-refractivity contribution in [2.24, 2.45) is 0 Å². The van der Waals surface area contributed by atoms with Gasteiger partial charge in [-0.25, -0.2) is 0 Å². The normalized spacial score (nSPS) is 11.1. The summed E-state index contributed by atoms with van der Waals surface area (Å²) in [5.41, 5.74) is 8.20. The first-order valence-electron chi connectivity index (χ1n) is 11.4. The molecule has 3 N–H and O–H groups in total. The lowest BCUT2D eigenvalue weighted by Gasteiger charge is -2.20. The van der Waals surface area contributed by atoms with Crippen LogP contribution in [0, 0.1) is 6.92 Å². The van der Waals surface area contributed by atoms with Crippen LogP contribution in [-0.2, 0) is 0 Å². The molecule has 0 unspecified atom stereocenters. The van der Waals surface area contributed by atoms with Crippen LogP contribution in [0.4, 0.5) is 17.2 Å². The lowest BCUT2D eigenvalue weighted by atomic mass is 10.1. The summed E-state index contributed by atoms with van der Waals surface area (Å²) < 4.78 is 0. The van der Waals surface area contributed by atoms with E-state index >= 15 is 0 Å². The molecule has 1 amide bonds. The van der Waals surface area contributed by atoms with E-state index in [1.54, 1.807) is 30.4 Å². The second-order valence-corrected chi connectivity index (χ2v) is 8.16. The molecule has 0 fully saturated rings. The van der Waals surface area contributed by atoms with Gasteiger partial charge in [0.05, 0.1) is 33.8 Å². The number of carbonyl (C=O) groups excluding carboxylic acids is 1. The number of hydrogen-bond acceptors (Lipinski definition) is 7. The Morgan fingerprint density at radius 2 is 1.83 bits per heavy atom. The Labute approximate surface area is 207 Å². The molecule has 5 rings (SSSR count). The second-order valence-electron chi connectivity index (χ2n) is 8.16. The van der Waals surface area contributed by atoms with Crippen LogP contribution in [0.25, 0.3) is 23.1 Å². The van der Waals surface area contributed by atoms with Crippen molar-refractivity contribution in [3.63, 3.8) is 0 Å². The Morgan fingerprint density at radius 3 is 2.64 bits per heavy atom. The van der Waals surface area contributed by atoms with Gasteiger partial charge in [-0.05, 0) is 73.7 Å². The van der Waals surface area contributed by atoms with Gasteiger partial charge in [-0.15, -0.1) is 5.10 Å². The monoisotopic (exact) mass is 476 g/mol. The molecule has 0 saturated heterocycles. The number of para-hydroxylation sites is 1. The third-order valence-electron chi connectivity index (χ3n) is 5.54. The van der Waals surface area contributed by atoms with Gasteiger partial charge < -0.3 is 5.32 Å². The fourth-order valence-corrected chi connectivity index (χ4v) is 3.67. The average molecular weight is 477 g/mol. The van der Waals surface area contributed by atoms with E-state index in [0.717, 1.165) is 33.7 Å². The molecule has 178 valence electrons. The number of fused-ring (bicyclic) bond motifs is 1. The van der Waals surface area contributed by atoms with Crippen molar-refractivity contribution in [3.05, 3.63) is 102 Å².